The Kier molecular flexibility index (Phi) is 8.96. The first-order valence-corrected chi connectivity index (χ1v) is 14.2. The molecule has 2 amide bonds. The van der Waals surface area contributed by atoms with Crippen molar-refractivity contribution in [1.82, 2.24) is 10.6 Å². The number of amides is 2. The van der Waals surface area contributed by atoms with Gasteiger partial charge in [-0.25, -0.2) is 0 Å². The largest absolute Gasteiger partial charge is 0.480 e. The maximum atomic E-state index is 13.6. The third kappa shape index (κ3) is 6.75. The Morgan fingerprint density at radius 2 is 1.85 bits per heavy atom. The number of nitrogens with one attached hydrogen (secondary N) is 3. The van der Waals surface area contributed by atoms with E-state index in [9.17, 15) is 19.5 Å². The first-order valence-electron chi connectivity index (χ1n) is 14.2. The average Bonchev–Trinajstić information content (AvgIpc) is 3.55. The van der Waals surface area contributed by atoms with E-state index >= 15 is 0 Å². The van der Waals surface area contributed by atoms with Crippen molar-refractivity contribution in [1.29, 1.82) is 0 Å². The molecule has 214 valence electrons. The zero-order chi connectivity index (χ0) is 28.8. The van der Waals surface area contributed by atoms with Crippen LogP contribution in [0.4, 0.5) is 11.4 Å². The number of hydrogen-bond donors (Lipinski definition) is 4. The van der Waals surface area contributed by atoms with Crippen molar-refractivity contribution >= 4 is 29.0 Å². The lowest BCUT2D eigenvalue weighted by molar-refractivity contribution is -0.117. The van der Waals surface area contributed by atoms with Gasteiger partial charge in [-0.05, 0) is 55.7 Å². The van der Waals surface area contributed by atoms with Gasteiger partial charge < -0.3 is 30.7 Å². The minimum atomic E-state index is -0.949. The zero-order valence-corrected chi connectivity index (χ0v) is 23.1. The van der Waals surface area contributed by atoms with Gasteiger partial charge in [-0.1, -0.05) is 42.5 Å². The number of para-hydroxylation sites is 1. The van der Waals surface area contributed by atoms with Gasteiger partial charge in [0.15, 0.2) is 6.10 Å². The summed E-state index contributed by atoms with van der Waals surface area (Å²) < 4.78 is 5.77. The number of ketones is 1. The number of fused-ring (bicyclic) bond motifs is 1. The molecule has 0 bridgehead atoms. The van der Waals surface area contributed by atoms with Crippen LogP contribution in [0.3, 0.4) is 0 Å². The van der Waals surface area contributed by atoms with Gasteiger partial charge >= 0.3 is 0 Å². The Hall–Kier alpha value is -4.21. The topological polar surface area (TPSA) is 120 Å². The Balaban J connectivity index is 1.28. The fourth-order valence-electron chi connectivity index (χ4n) is 5.32. The molecular formula is C32H36N4O5. The third-order valence-corrected chi connectivity index (χ3v) is 7.42. The molecule has 9 nitrogen and oxygen atoms in total. The number of nitrogens with zero attached hydrogens (tertiary/aromatic N) is 1. The van der Waals surface area contributed by atoms with E-state index in [1.807, 2.05) is 49.4 Å². The lowest BCUT2D eigenvalue weighted by Gasteiger charge is -2.26. The minimum Gasteiger partial charge on any atom is -0.480 e. The second-order valence-corrected chi connectivity index (χ2v) is 10.4. The summed E-state index contributed by atoms with van der Waals surface area (Å²) in [5.41, 5.74) is 3.35. The monoisotopic (exact) mass is 556 g/mol. The predicted molar refractivity (Wildman–Crippen MR) is 158 cm³/mol. The van der Waals surface area contributed by atoms with Crippen LogP contribution in [-0.4, -0.2) is 67.1 Å². The summed E-state index contributed by atoms with van der Waals surface area (Å²) >= 11 is 0. The van der Waals surface area contributed by atoms with Crippen molar-refractivity contribution in [2.45, 2.75) is 44.4 Å². The fraction of sp³-hybridized carbons (Fsp3) is 0.344. The van der Waals surface area contributed by atoms with E-state index in [-0.39, 0.29) is 30.7 Å². The van der Waals surface area contributed by atoms with Crippen LogP contribution in [0, 0.1) is 0 Å². The lowest BCUT2D eigenvalue weighted by Crippen LogP contribution is -2.50. The Morgan fingerprint density at radius 3 is 2.59 bits per heavy atom. The van der Waals surface area contributed by atoms with Crippen molar-refractivity contribution in [3.05, 3.63) is 89.5 Å². The molecule has 41 heavy (non-hydrogen) atoms. The van der Waals surface area contributed by atoms with Gasteiger partial charge in [0.05, 0.1) is 17.7 Å². The molecule has 2 aliphatic rings. The van der Waals surface area contributed by atoms with Gasteiger partial charge in [-0.15, -0.1) is 0 Å². The number of carbonyl (C=O) groups is 3. The summed E-state index contributed by atoms with van der Waals surface area (Å²) in [5, 5.41) is 20.6. The number of benzene rings is 3. The molecule has 1 saturated heterocycles. The molecule has 1 unspecified atom stereocenters. The van der Waals surface area contributed by atoms with Gasteiger partial charge in [-0.3, -0.25) is 14.4 Å². The summed E-state index contributed by atoms with van der Waals surface area (Å²) in [6.45, 7) is 3.63. The third-order valence-electron chi connectivity index (χ3n) is 7.42. The molecule has 0 radical (unpaired) electrons. The maximum absolute atomic E-state index is 13.6. The van der Waals surface area contributed by atoms with Gasteiger partial charge in [0, 0.05) is 49.5 Å². The van der Waals surface area contributed by atoms with Crippen LogP contribution in [0.15, 0.2) is 72.8 Å². The van der Waals surface area contributed by atoms with E-state index < -0.39 is 18.2 Å². The van der Waals surface area contributed by atoms with E-state index in [0.29, 0.717) is 48.5 Å². The highest BCUT2D eigenvalue weighted by atomic mass is 16.5. The van der Waals surface area contributed by atoms with Crippen LogP contribution in [0.2, 0.25) is 0 Å². The number of hydrogen-bond acceptors (Lipinski definition) is 7. The van der Waals surface area contributed by atoms with Crippen molar-refractivity contribution in [2.75, 3.05) is 36.4 Å². The molecule has 2 aliphatic heterocycles. The molecule has 4 N–H and O–H groups in total. The van der Waals surface area contributed by atoms with E-state index in [2.05, 4.69) is 16.0 Å². The SMILES string of the molecule is CCNc1cc(C(=O)N[C@@H](Cc2ccccc2)[C@H](O)CNCC2Oc3ccccc3C2=O)cc(N2CCCC2=O)c1. The van der Waals surface area contributed by atoms with E-state index in [1.165, 1.54) is 0 Å². The second-order valence-electron chi connectivity index (χ2n) is 10.4. The first kappa shape index (κ1) is 28.3. The van der Waals surface area contributed by atoms with Crippen LogP contribution < -0.4 is 25.6 Å². The number of carbonyl (C=O) groups excluding carboxylic acids is 3. The van der Waals surface area contributed by atoms with E-state index in [1.54, 1.807) is 35.2 Å². The minimum absolute atomic E-state index is 0.0428. The van der Waals surface area contributed by atoms with Crippen LogP contribution in [0.1, 0.15) is 46.0 Å². The Bertz CT molecular complexity index is 1400. The van der Waals surface area contributed by atoms with Gasteiger partial charge in [0.25, 0.3) is 5.91 Å². The summed E-state index contributed by atoms with van der Waals surface area (Å²) in [6, 6.07) is 21.5. The maximum Gasteiger partial charge on any atom is 0.251 e. The summed E-state index contributed by atoms with van der Waals surface area (Å²) in [6.07, 6.45) is 0.0732. The number of aliphatic hydroxyl groups excluding tert-OH is 1. The number of rotatable bonds is 12. The van der Waals surface area contributed by atoms with Crippen molar-refractivity contribution in [3.63, 3.8) is 0 Å². The number of Topliss-reactive ketones (excluding diaryl/α,β-unsaturated/α-hetero) is 1. The summed E-state index contributed by atoms with van der Waals surface area (Å²) in [4.78, 5) is 40.3. The zero-order valence-electron chi connectivity index (χ0n) is 23.1. The fourth-order valence-corrected chi connectivity index (χ4v) is 5.32. The highest BCUT2D eigenvalue weighted by Gasteiger charge is 2.32. The van der Waals surface area contributed by atoms with Gasteiger partial charge in [-0.2, -0.15) is 0 Å². The van der Waals surface area contributed by atoms with E-state index in [0.717, 1.165) is 17.7 Å². The molecule has 0 saturated carbocycles. The van der Waals surface area contributed by atoms with Gasteiger partial charge in [0.1, 0.15) is 5.75 Å². The average molecular weight is 557 g/mol. The molecule has 3 aromatic rings. The van der Waals surface area contributed by atoms with E-state index in [4.69, 9.17) is 4.74 Å². The van der Waals surface area contributed by atoms with Crippen LogP contribution in [0.25, 0.3) is 0 Å². The molecule has 2 heterocycles. The molecular weight excluding hydrogens is 520 g/mol. The molecule has 3 atom stereocenters. The Morgan fingerprint density at radius 1 is 1.07 bits per heavy atom. The van der Waals surface area contributed by atoms with Crippen LogP contribution in [-0.2, 0) is 11.2 Å². The van der Waals surface area contributed by atoms with Crippen molar-refractivity contribution in [2.24, 2.45) is 0 Å². The smallest absolute Gasteiger partial charge is 0.251 e. The quantitative estimate of drug-likeness (QED) is 0.271. The first-order chi connectivity index (χ1) is 19.9. The van der Waals surface area contributed by atoms with Crippen molar-refractivity contribution in [3.8, 4) is 5.75 Å². The highest BCUT2D eigenvalue weighted by Crippen LogP contribution is 2.28. The molecule has 9 heteroatoms. The Labute approximate surface area is 239 Å². The second kappa shape index (κ2) is 13.0. The molecule has 5 rings (SSSR count). The van der Waals surface area contributed by atoms with Gasteiger partial charge in [0.2, 0.25) is 11.7 Å². The predicted octanol–water partition coefficient (Wildman–Crippen LogP) is 3.18. The standard InChI is InChI=1S/C32H36N4O5/c1-2-34-23-16-22(17-24(18-23)36-14-8-13-30(36)38)32(40)35-26(15-21-9-4-3-5-10-21)27(37)19-33-20-29-31(39)25-11-6-7-12-28(25)41-29/h3-7,9-12,16-18,26-27,29,33-34,37H,2,8,13-15,19-20H2,1H3,(H,35,40)/t26-,27+,29?/m0/s1. The highest BCUT2D eigenvalue weighted by molar-refractivity contribution is 6.04. The van der Waals surface area contributed by atoms with Crippen LogP contribution >= 0.6 is 0 Å². The molecule has 1 fully saturated rings. The molecule has 3 aromatic carbocycles. The lowest BCUT2D eigenvalue weighted by atomic mass is 10.00. The summed E-state index contributed by atoms with van der Waals surface area (Å²) in [7, 11) is 0. The summed E-state index contributed by atoms with van der Waals surface area (Å²) in [5.74, 6) is 0.169. The molecule has 0 spiro atoms. The van der Waals surface area contributed by atoms with Crippen LogP contribution in [0.5, 0.6) is 5.75 Å². The number of aliphatic hydroxyl groups is 1. The number of ether oxygens (including phenoxy) is 1. The molecule has 0 aliphatic carbocycles. The number of anilines is 2. The normalized spacial score (nSPS) is 17.6. The van der Waals surface area contributed by atoms with Crippen molar-refractivity contribution < 1.29 is 24.2 Å². The molecule has 0 aromatic heterocycles.